The van der Waals surface area contributed by atoms with E-state index in [0.717, 1.165) is 45.2 Å². The summed E-state index contributed by atoms with van der Waals surface area (Å²) in [5.74, 6) is 0.159. The zero-order valence-electron chi connectivity index (χ0n) is 20.2. The highest BCUT2D eigenvalue weighted by Crippen LogP contribution is 2.29. The maximum Gasteiger partial charge on any atom is 0.433 e. The van der Waals surface area contributed by atoms with E-state index in [-0.39, 0.29) is 19.4 Å². The van der Waals surface area contributed by atoms with Crippen LogP contribution in [0, 0.1) is 6.92 Å². The molecule has 0 aliphatic carbocycles. The van der Waals surface area contributed by atoms with Gasteiger partial charge in [-0.1, -0.05) is 25.1 Å². The summed E-state index contributed by atoms with van der Waals surface area (Å²) in [6, 6.07) is 11.3. The van der Waals surface area contributed by atoms with Crippen LogP contribution < -0.4 is 10.2 Å². The van der Waals surface area contributed by atoms with Crippen LogP contribution in [-0.4, -0.2) is 72.5 Å². The monoisotopic (exact) mass is 505 g/mol. The van der Waals surface area contributed by atoms with Gasteiger partial charge >= 0.3 is 6.18 Å². The number of pyridine rings is 1. The molecule has 36 heavy (non-hydrogen) atoms. The van der Waals surface area contributed by atoms with Gasteiger partial charge in [-0.05, 0) is 57.0 Å². The summed E-state index contributed by atoms with van der Waals surface area (Å²) in [5.41, 5.74) is 2.03. The number of nitrogens with one attached hydrogen (secondary N) is 1. The lowest BCUT2D eigenvalue weighted by molar-refractivity contribution is -0.141. The fraction of sp³-hybridized carbons (Fsp3) is 0.556. The third-order valence-electron chi connectivity index (χ3n) is 6.90. The molecule has 2 aliphatic rings. The first kappa shape index (κ1) is 27.8. The molecular formula is C27H38F3N5O. The standard InChI is InChI=1S/C26H34F3N5O.CH4/c1-20-3-5-23(6-4-20)33-13-2-12-32(17-18-33)14-10-25(35)34-15-8-21(9-16-34)31-22-7-11-30-24(19-22)26(27,28)29;/h3-7,11,19,21H,2,8-10,12-18H2,1H3,(H,30,31);1H4. The minimum atomic E-state index is -4.46. The normalized spacial score (nSPS) is 17.9. The third-order valence-corrected chi connectivity index (χ3v) is 6.90. The lowest BCUT2D eigenvalue weighted by atomic mass is 10.0. The first-order valence-corrected chi connectivity index (χ1v) is 12.4. The first-order valence-electron chi connectivity index (χ1n) is 12.4. The number of anilines is 2. The summed E-state index contributed by atoms with van der Waals surface area (Å²) in [6.45, 7) is 8.01. The van der Waals surface area contributed by atoms with Gasteiger partial charge in [-0.3, -0.25) is 9.78 Å². The lowest BCUT2D eigenvalue weighted by Crippen LogP contribution is -2.43. The molecule has 1 aromatic carbocycles. The zero-order chi connectivity index (χ0) is 24.8. The van der Waals surface area contributed by atoms with E-state index in [1.807, 2.05) is 4.90 Å². The molecule has 1 aromatic heterocycles. The van der Waals surface area contributed by atoms with E-state index < -0.39 is 11.9 Å². The number of alkyl halides is 3. The summed E-state index contributed by atoms with van der Waals surface area (Å²) in [6.07, 6.45) is -0.284. The molecular weight excluding hydrogens is 467 g/mol. The lowest BCUT2D eigenvalue weighted by Gasteiger charge is -2.33. The highest BCUT2D eigenvalue weighted by atomic mass is 19.4. The second kappa shape index (κ2) is 12.4. The molecule has 0 saturated carbocycles. The number of aryl methyl sites for hydroxylation is 1. The number of halogens is 3. The van der Waals surface area contributed by atoms with E-state index in [9.17, 15) is 18.0 Å². The molecule has 4 rings (SSSR count). The maximum absolute atomic E-state index is 12.9. The Morgan fingerprint density at radius 1 is 1.03 bits per heavy atom. The fourth-order valence-corrected chi connectivity index (χ4v) is 4.80. The molecule has 198 valence electrons. The number of hydrogen-bond donors (Lipinski definition) is 1. The van der Waals surface area contributed by atoms with Gasteiger partial charge < -0.3 is 20.0 Å². The van der Waals surface area contributed by atoms with Crippen molar-refractivity contribution in [3.05, 3.63) is 53.9 Å². The van der Waals surface area contributed by atoms with Crippen LogP contribution in [-0.2, 0) is 11.0 Å². The molecule has 2 aromatic rings. The molecule has 9 heteroatoms. The van der Waals surface area contributed by atoms with E-state index >= 15 is 0 Å². The number of likely N-dealkylation sites (tertiary alicyclic amines) is 1. The van der Waals surface area contributed by atoms with Crippen molar-refractivity contribution in [2.75, 3.05) is 56.0 Å². The summed E-state index contributed by atoms with van der Waals surface area (Å²) in [7, 11) is 0. The number of carbonyl (C=O) groups excluding carboxylic acids is 1. The van der Waals surface area contributed by atoms with E-state index in [0.29, 0.717) is 38.0 Å². The van der Waals surface area contributed by atoms with Gasteiger partial charge in [0.05, 0.1) is 0 Å². The van der Waals surface area contributed by atoms with Gasteiger partial charge in [0.2, 0.25) is 5.91 Å². The Labute approximate surface area is 212 Å². The predicted octanol–water partition coefficient (Wildman–Crippen LogP) is 5.05. The molecule has 6 nitrogen and oxygen atoms in total. The van der Waals surface area contributed by atoms with E-state index in [2.05, 4.69) is 51.3 Å². The Morgan fingerprint density at radius 3 is 2.44 bits per heavy atom. The summed E-state index contributed by atoms with van der Waals surface area (Å²) in [4.78, 5) is 22.9. The smallest absolute Gasteiger partial charge is 0.382 e. The molecule has 2 fully saturated rings. The van der Waals surface area contributed by atoms with Crippen LogP contribution in [0.2, 0.25) is 0 Å². The quantitative estimate of drug-likeness (QED) is 0.596. The average Bonchev–Trinajstić information content (AvgIpc) is 3.09. The van der Waals surface area contributed by atoms with Crippen molar-refractivity contribution in [1.29, 1.82) is 0 Å². The number of piperidine rings is 1. The molecule has 0 bridgehead atoms. The largest absolute Gasteiger partial charge is 0.433 e. The van der Waals surface area contributed by atoms with Gasteiger partial charge in [-0.15, -0.1) is 0 Å². The van der Waals surface area contributed by atoms with Crippen LogP contribution in [0.4, 0.5) is 24.5 Å². The van der Waals surface area contributed by atoms with Gasteiger partial charge in [0.15, 0.2) is 0 Å². The van der Waals surface area contributed by atoms with Crippen LogP contribution in [0.3, 0.4) is 0 Å². The van der Waals surface area contributed by atoms with Crippen LogP contribution in [0.5, 0.6) is 0 Å². The SMILES string of the molecule is C.Cc1ccc(N2CCCN(CCC(=O)N3CCC(Nc4ccnc(C(F)(F)F)c4)CC3)CC2)cc1. The van der Waals surface area contributed by atoms with Crippen molar-refractivity contribution in [2.45, 2.75) is 52.3 Å². The molecule has 3 heterocycles. The van der Waals surface area contributed by atoms with Crippen molar-refractivity contribution in [2.24, 2.45) is 0 Å². The average molecular weight is 506 g/mol. The van der Waals surface area contributed by atoms with Crippen LogP contribution in [0.25, 0.3) is 0 Å². The van der Waals surface area contributed by atoms with Crippen molar-refractivity contribution < 1.29 is 18.0 Å². The number of carbonyl (C=O) groups is 1. The Hall–Kier alpha value is -2.81. The van der Waals surface area contributed by atoms with Crippen molar-refractivity contribution in [3.8, 4) is 0 Å². The number of aromatic nitrogens is 1. The second-order valence-electron chi connectivity index (χ2n) is 9.49. The molecule has 0 atom stereocenters. The number of rotatable bonds is 6. The fourth-order valence-electron chi connectivity index (χ4n) is 4.80. The summed E-state index contributed by atoms with van der Waals surface area (Å²) < 4.78 is 38.7. The van der Waals surface area contributed by atoms with Gasteiger partial charge in [0.1, 0.15) is 5.69 Å². The molecule has 2 aliphatic heterocycles. The minimum Gasteiger partial charge on any atom is -0.382 e. The van der Waals surface area contributed by atoms with E-state index in [4.69, 9.17) is 0 Å². The molecule has 2 saturated heterocycles. The highest BCUT2D eigenvalue weighted by molar-refractivity contribution is 5.76. The Bertz CT molecular complexity index is 974. The molecule has 0 radical (unpaired) electrons. The van der Waals surface area contributed by atoms with Crippen molar-refractivity contribution in [1.82, 2.24) is 14.8 Å². The third kappa shape index (κ3) is 7.59. The van der Waals surface area contributed by atoms with Crippen LogP contribution >= 0.6 is 0 Å². The Balaban J connectivity index is 0.00000361. The number of nitrogens with zero attached hydrogens (tertiary/aromatic N) is 4. The van der Waals surface area contributed by atoms with Gasteiger partial charge in [-0.25, -0.2) is 0 Å². The molecule has 1 N–H and O–H groups in total. The van der Waals surface area contributed by atoms with Gasteiger partial charge in [0, 0.05) is 69.3 Å². The summed E-state index contributed by atoms with van der Waals surface area (Å²) in [5, 5.41) is 3.17. The van der Waals surface area contributed by atoms with Crippen LogP contribution in [0.15, 0.2) is 42.6 Å². The molecule has 0 unspecified atom stereocenters. The Morgan fingerprint density at radius 2 is 1.75 bits per heavy atom. The number of benzene rings is 1. The maximum atomic E-state index is 12.9. The molecule has 1 amide bonds. The van der Waals surface area contributed by atoms with Gasteiger partial charge in [-0.2, -0.15) is 13.2 Å². The zero-order valence-corrected chi connectivity index (χ0v) is 20.2. The predicted molar refractivity (Wildman–Crippen MR) is 138 cm³/mol. The van der Waals surface area contributed by atoms with Crippen molar-refractivity contribution >= 4 is 17.3 Å². The second-order valence-corrected chi connectivity index (χ2v) is 9.49. The first-order chi connectivity index (χ1) is 16.8. The Kier molecular flexibility index (Phi) is 9.59. The highest BCUT2D eigenvalue weighted by Gasteiger charge is 2.32. The topological polar surface area (TPSA) is 51.7 Å². The van der Waals surface area contributed by atoms with Crippen LogP contribution in [0.1, 0.15) is 44.4 Å². The molecule has 0 spiro atoms. The van der Waals surface area contributed by atoms with E-state index in [1.165, 1.54) is 17.4 Å². The number of hydrogen-bond acceptors (Lipinski definition) is 5. The van der Waals surface area contributed by atoms with E-state index in [1.54, 1.807) is 6.07 Å². The van der Waals surface area contributed by atoms with Gasteiger partial charge in [0.25, 0.3) is 0 Å². The van der Waals surface area contributed by atoms with Crippen molar-refractivity contribution in [3.63, 3.8) is 0 Å². The number of amides is 1. The minimum absolute atomic E-state index is 0. The summed E-state index contributed by atoms with van der Waals surface area (Å²) >= 11 is 0.